The molecule has 1 aromatic rings. The van der Waals surface area contributed by atoms with Crippen molar-refractivity contribution in [3.8, 4) is 5.75 Å². The summed E-state index contributed by atoms with van der Waals surface area (Å²) in [6.45, 7) is 13.9. The molecular weight excluding hydrogens is 262 g/mol. The van der Waals surface area contributed by atoms with Crippen LogP contribution in [0.5, 0.6) is 5.75 Å². The van der Waals surface area contributed by atoms with E-state index < -0.39 is 0 Å². The number of rotatable bonds is 10. The molecule has 3 nitrogen and oxygen atoms in total. The zero-order valence-electron chi connectivity index (χ0n) is 14.2. The molecule has 0 saturated heterocycles. The third-order valence-electron chi connectivity index (χ3n) is 3.50. The van der Waals surface area contributed by atoms with Gasteiger partial charge >= 0.3 is 0 Å². The van der Waals surface area contributed by atoms with Gasteiger partial charge in [0.2, 0.25) is 0 Å². The van der Waals surface area contributed by atoms with Gasteiger partial charge < -0.3 is 14.8 Å². The first-order valence-corrected chi connectivity index (χ1v) is 7.99. The minimum atomic E-state index is -0.0602. The van der Waals surface area contributed by atoms with E-state index in [1.807, 2.05) is 12.1 Å². The van der Waals surface area contributed by atoms with Crippen molar-refractivity contribution in [2.45, 2.75) is 53.2 Å². The van der Waals surface area contributed by atoms with Gasteiger partial charge in [0.25, 0.3) is 0 Å². The van der Waals surface area contributed by atoms with Gasteiger partial charge in [-0.3, -0.25) is 0 Å². The molecule has 0 heterocycles. The lowest BCUT2D eigenvalue weighted by Gasteiger charge is -2.23. The molecule has 1 aromatic carbocycles. The van der Waals surface area contributed by atoms with Crippen molar-refractivity contribution in [1.29, 1.82) is 0 Å². The van der Waals surface area contributed by atoms with Gasteiger partial charge in [-0.15, -0.1) is 0 Å². The van der Waals surface area contributed by atoms with E-state index in [1.54, 1.807) is 0 Å². The van der Waals surface area contributed by atoms with Crippen molar-refractivity contribution in [1.82, 2.24) is 5.32 Å². The summed E-state index contributed by atoms with van der Waals surface area (Å²) in [4.78, 5) is 0. The Labute approximate surface area is 130 Å². The molecule has 0 spiro atoms. The number of hydrogen-bond acceptors (Lipinski definition) is 3. The highest BCUT2D eigenvalue weighted by molar-refractivity contribution is 5.27. The van der Waals surface area contributed by atoms with Gasteiger partial charge in [-0.05, 0) is 50.4 Å². The second-order valence-corrected chi connectivity index (χ2v) is 6.48. The molecule has 0 atom stereocenters. The summed E-state index contributed by atoms with van der Waals surface area (Å²) in [5.41, 5.74) is 1.22. The smallest absolute Gasteiger partial charge is 0.119 e. The number of ether oxygens (including phenoxy) is 2. The van der Waals surface area contributed by atoms with Crippen molar-refractivity contribution in [2.24, 2.45) is 5.92 Å². The van der Waals surface area contributed by atoms with E-state index >= 15 is 0 Å². The van der Waals surface area contributed by atoms with Gasteiger partial charge in [-0.25, -0.2) is 0 Å². The lowest BCUT2D eigenvalue weighted by atomic mass is 10.1. The van der Waals surface area contributed by atoms with Crippen LogP contribution in [-0.2, 0) is 11.3 Å². The lowest BCUT2D eigenvalue weighted by molar-refractivity contribution is -0.0317. The number of benzene rings is 1. The van der Waals surface area contributed by atoms with Crippen LogP contribution < -0.4 is 10.1 Å². The van der Waals surface area contributed by atoms with Crippen LogP contribution >= 0.6 is 0 Å². The van der Waals surface area contributed by atoms with Gasteiger partial charge in [0.1, 0.15) is 12.4 Å². The van der Waals surface area contributed by atoms with E-state index in [0.717, 1.165) is 25.3 Å². The maximum absolute atomic E-state index is 5.76. The molecule has 0 aliphatic rings. The van der Waals surface area contributed by atoms with Gasteiger partial charge in [0.05, 0.1) is 12.2 Å². The molecule has 1 rings (SSSR count). The molecule has 0 aromatic heterocycles. The van der Waals surface area contributed by atoms with Crippen LogP contribution in [0.25, 0.3) is 0 Å². The summed E-state index contributed by atoms with van der Waals surface area (Å²) in [5, 5.41) is 3.44. The first-order valence-electron chi connectivity index (χ1n) is 7.99. The highest BCUT2D eigenvalue weighted by Gasteiger charge is 2.14. The van der Waals surface area contributed by atoms with Crippen molar-refractivity contribution in [3.63, 3.8) is 0 Å². The van der Waals surface area contributed by atoms with Crippen LogP contribution in [0.3, 0.4) is 0 Å². The zero-order chi connectivity index (χ0) is 15.7. The van der Waals surface area contributed by atoms with E-state index in [0.29, 0.717) is 19.1 Å². The van der Waals surface area contributed by atoms with Crippen LogP contribution in [0, 0.1) is 5.92 Å². The largest absolute Gasteiger partial charge is 0.491 e. The maximum Gasteiger partial charge on any atom is 0.119 e. The molecule has 0 fully saturated rings. The van der Waals surface area contributed by atoms with Crippen LogP contribution in [0.4, 0.5) is 0 Å². The molecular formula is C18H31NO2. The Balaban J connectivity index is 2.25. The number of nitrogens with one attached hydrogen (secondary N) is 1. The van der Waals surface area contributed by atoms with Crippen LogP contribution in [0.1, 0.15) is 46.6 Å². The molecule has 1 N–H and O–H groups in total. The predicted octanol–water partition coefficient (Wildman–Crippen LogP) is 4.02. The first-order chi connectivity index (χ1) is 9.93. The van der Waals surface area contributed by atoms with E-state index in [9.17, 15) is 0 Å². The highest BCUT2D eigenvalue weighted by Crippen LogP contribution is 2.15. The quantitative estimate of drug-likeness (QED) is 0.661. The number of hydrogen-bond donors (Lipinski definition) is 1. The van der Waals surface area contributed by atoms with Crippen molar-refractivity contribution in [3.05, 3.63) is 29.8 Å². The summed E-state index contributed by atoms with van der Waals surface area (Å²) in [6, 6.07) is 8.27. The Morgan fingerprint density at radius 1 is 1.10 bits per heavy atom. The molecule has 3 heteroatoms. The molecule has 0 radical (unpaired) electrons. The van der Waals surface area contributed by atoms with Crippen molar-refractivity contribution < 1.29 is 9.47 Å². The van der Waals surface area contributed by atoms with Crippen LogP contribution in [0.2, 0.25) is 0 Å². The van der Waals surface area contributed by atoms with Crippen LogP contribution in [-0.4, -0.2) is 25.4 Å². The average Bonchev–Trinajstić information content (AvgIpc) is 2.45. The standard InChI is InChI=1S/C18H31NO2/c1-6-18(4,5)21-12-11-20-17-9-7-16(8-10-17)14-19-13-15(2)3/h7-10,15,19H,6,11-14H2,1-5H3. The Kier molecular flexibility index (Phi) is 7.76. The fourth-order valence-electron chi connectivity index (χ4n) is 1.79. The Morgan fingerprint density at radius 3 is 2.33 bits per heavy atom. The monoisotopic (exact) mass is 293 g/mol. The van der Waals surface area contributed by atoms with Gasteiger partial charge in [0, 0.05) is 6.54 Å². The average molecular weight is 293 g/mol. The summed E-state index contributed by atoms with van der Waals surface area (Å²) in [5.74, 6) is 1.58. The van der Waals surface area contributed by atoms with Gasteiger partial charge in [-0.2, -0.15) is 0 Å². The highest BCUT2D eigenvalue weighted by atomic mass is 16.5. The fourth-order valence-corrected chi connectivity index (χ4v) is 1.79. The normalized spacial score (nSPS) is 11.9. The topological polar surface area (TPSA) is 30.5 Å². The van der Waals surface area contributed by atoms with Crippen molar-refractivity contribution in [2.75, 3.05) is 19.8 Å². The van der Waals surface area contributed by atoms with E-state index in [-0.39, 0.29) is 5.60 Å². The Morgan fingerprint density at radius 2 is 1.76 bits per heavy atom. The van der Waals surface area contributed by atoms with Gasteiger partial charge in [0.15, 0.2) is 0 Å². The van der Waals surface area contributed by atoms with Gasteiger partial charge in [-0.1, -0.05) is 32.9 Å². The molecule has 0 aliphatic heterocycles. The molecule has 120 valence electrons. The third kappa shape index (κ3) is 8.08. The minimum Gasteiger partial charge on any atom is -0.491 e. The van der Waals surface area contributed by atoms with E-state index in [1.165, 1.54) is 5.56 Å². The Bertz CT molecular complexity index is 385. The molecule has 21 heavy (non-hydrogen) atoms. The van der Waals surface area contributed by atoms with E-state index in [4.69, 9.17) is 9.47 Å². The summed E-state index contributed by atoms with van der Waals surface area (Å²) >= 11 is 0. The van der Waals surface area contributed by atoms with Crippen molar-refractivity contribution >= 4 is 0 Å². The predicted molar refractivity (Wildman–Crippen MR) is 88.8 cm³/mol. The maximum atomic E-state index is 5.76. The fraction of sp³-hybridized carbons (Fsp3) is 0.667. The first kappa shape index (κ1) is 18.0. The second kappa shape index (κ2) is 9.06. The molecule has 0 bridgehead atoms. The van der Waals surface area contributed by atoms with Crippen LogP contribution in [0.15, 0.2) is 24.3 Å². The molecule has 0 unspecified atom stereocenters. The summed E-state index contributed by atoms with van der Waals surface area (Å²) in [6.07, 6.45) is 1.01. The second-order valence-electron chi connectivity index (χ2n) is 6.48. The molecule has 0 aliphatic carbocycles. The molecule has 0 amide bonds. The van der Waals surface area contributed by atoms with E-state index in [2.05, 4.69) is 52.1 Å². The minimum absolute atomic E-state index is 0.0602. The SMILES string of the molecule is CCC(C)(C)OCCOc1ccc(CNCC(C)C)cc1. The summed E-state index contributed by atoms with van der Waals surface area (Å²) < 4.78 is 11.5. The molecule has 0 saturated carbocycles. The summed E-state index contributed by atoms with van der Waals surface area (Å²) in [7, 11) is 0. The zero-order valence-corrected chi connectivity index (χ0v) is 14.2. The lowest BCUT2D eigenvalue weighted by Crippen LogP contribution is -2.25. The Hall–Kier alpha value is -1.06. The third-order valence-corrected chi connectivity index (χ3v) is 3.50.